The molecule has 0 bridgehead atoms. The van der Waals surface area contributed by atoms with Crippen molar-refractivity contribution in [1.29, 1.82) is 0 Å². The highest BCUT2D eigenvalue weighted by Gasteiger charge is 2.08. The molecule has 3 aromatic rings. The van der Waals surface area contributed by atoms with Gasteiger partial charge in [-0.25, -0.2) is 0 Å². The smallest absolute Gasteiger partial charge is 0.194 e. The van der Waals surface area contributed by atoms with Gasteiger partial charge in [0.25, 0.3) is 0 Å². The molecule has 0 unspecified atom stereocenters. The second-order valence-electron chi connectivity index (χ2n) is 3.99. The summed E-state index contributed by atoms with van der Waals surface area (Å²) in [4.78, 5) is 12.7. The lowest BCUT2D eigenvalue weighted by Gasteiger charge is -2.04. The zero-order valence-electron chi connectivity index (χ0n) is 9.46. The van der Waals surface area contributed by atoms with Crippen molar-refractivity contribution >= 4 is 23.6 Å². The van der Waals surface area contributed by atoms with Crippen LogP contribution in [-0.4, -0.2) is 0 Å². The molecule has 18 heavy (non-hydrogen) atoms. The number of hydrogen-bond acceptors (Lipinski definition) is 3. The van der Waals surface area contributed by atoms with Gasteiger partial charge in [-0.3, -0.25) is 4.79 Å². The molecule has 0 amide bonds. The van der Waals surface area contributed by atoms with Gasteiger partial charge in [0.1, 0.15) is 11.3 Å². The fourth-order valence-corrected chi connectivity index (χ4v) is 2.24. The largest absolute Gasteiger partial charge is 0.456 e. The molecule has 2 aromatic carbocycles. The summed E-state index contributed by atoms with van der Waals surface area (Å²) in [6, 6.07) is 16.5. The third-order valence-corrected chi connectivity index (χ3v) is 3.16. The van der Waals surface area contributed by atoms with Crippen molar-refractivity contribution in [2.24, 2.45) is 0 Å². The zero-order chi connectivity index (χ0) is 12.5. The summed E-state index contributed by atoms with van der Waals surface area (Å²) in [7, 11) is 0. The summed E-state index contributed by atoms with van der Waals surface area (Å²) < 4.78 is 5.76. The van der Waals surface area contributed by atoms with Gasteiger partial charge in [-0.1, -0.05) is 36.4 Å². The lowest BCUT2D eigenvalue weighted by Crippen LogP contribution is -2.01. The van der Waals surface area contributed by atoms with Crippen LogP contribution in [0.2, 0.25) is 0 Å². The molecule has 0 radical (unpaired) electrons. The molecule has 0 saturated heterocycles. The van der Waals surface area contributed by atoms with Gasteiger partial charge in [0.2, 0.25) is 0 Å². The van der Waals surface area contributed by atoms with E-state index in [1.807, 2.05) is 36.4 Å². The average molecular weight is 254 g/mol. The van der Waals surface area contributed by atoms with Gasteiger partial charge in [-0.2, -0.15) is 0 Å². The maximum Gasteiger partial charge on any atom is 0.194 e. The number of rotatable bonds is 1. The van der Waals surface area contributed by atoms with Crippen molar-refractivity contribution in [3.8, 4) is 11.3 Å². The average Bonchev–Trinajstić information content (AvgIpc) is 2.39. The van der Waals surface area contributed by atoms with E-state index in [9.17, 15) is 4.79 Å². The van der Waals surface area contributed by atoms with Gasteiger partial charge >= 0.3 is 0 Å². The van der Waals surface area contributed by atoms with Gasteiger partial charge in [-0.15, -0.1) is 12.6 Å². The fraction of sp³-hybridized carbons (Fsp3) is 0. The van der Waals surface area contributed by atoms with E-state index >= 15 is 0 Å². The number of benzene rings is 2. The molecule has 0 aliphatic rings. The number of hydrogen-bond donors (Lipinski definition) is 1. The molecule has 0 atom stereocenters. The molecule has 0 aliphatic carbocycles. The third kappa shape index (κ3) is 1.83. The topological polar surface area (TPSA) is 30.2 Å². The Bertz CT molecular complexity index is 760. The van der Waals surface area contributed by atoms with Crippen molar-refractivity contribution in [3.63, 3.8) is 0 Å². The molecular weight excluding hydrogens is 244 g/mol. The Morgan fingerprint density at radius 3 is 2.50 bits per heavy atom. The molecule has 3 rings (SSSR count). The normalized spacial score (nSPS) is 10.7. The van der Waals surface area contributed by atoms with Crippen LogP contribution < -0.4 is 5.43 Å². The Hall–Kier alpha value is -2.00. The first-order chi connectivity index (χ1) is 8.75. The molecule has 1 heterocycles. The van der Waals surface area contributed by atoms with Crippen LogP contribution in [0.4, 0.5) is 0 Å². The zero-order valence-corrected chi connectivity index (χ0v) is 10.4. The van der Waals surface area contributed by atoms with Crippen LogP contribution in [0.5, 0.6) is 0 Å². The van der Waals surface area contributed by atoms with Crippen molar-refractivity contribution in [2.45, 2.75) is 4.90 Å². The summed E-state index contributed by atoms with van der Waals surface area (Å²) >= 11 is 4.28. The van der Waals surface area contributed by atoms with Crippen LogP contribution in [0.3, 0.4) is 0 Å². The lowest BCUT2D eigenvalue weighted by molar-refractivity contribution is 0.618. The van der Waals surface area contributed by atoms with Gasteiger partial charge < -0.3 is 4.42 Å². The van der Waals surface area contributed by atoms with Crippen LogP contribution in [0, 0.1) is 0 Å². The Balaban J connectivity index is 2.33. The van der Waals surface area contributed by atoms with E-state index in [1.165, 1.54) is 6.07 Å². The second-order valence-corrected chi connectivity index (χ2v) is 4.47. The van der Waals surface area contributed by atoms with Gasteiger partial charge in [0.05, 0.1) is 5.39 Å². The Kier molecular flexibility index (Phi) is 2.68. The highest BCUT2D eigenvalue weighted by Crippen LogP contribution is 2.24. The molecule has 0 aliphatic heterocycles. The highest BCUT2D eigenvalue weighted by molar-refractivity contribution is 7.80. The van der Waals surface area contributed by atoms with Gasteiger partial charge in [-0.05, 0) is 12.1 Å². The fourth-order valence-electron chi connectivity index (χ4n) is 1.94. The maximum atomic E-state index is 12.1. The summed E-state index contributed by atoms with van der Waals surface area (Å²) in [5, 5.41) is 0.528. The minimum absolute atomic E-state index is 0.0688. The molecule has 88 valence electrons. The first-order valence-corrected chi connectivity index (χ1v) is 6.02. The van der Waals surface area contributed by atoms with Crippen LogP contribution in [0.15, 0.2) is 68.7 Å². The predicted octanol–water partition coefficient (Wildman–Crippen LogP) is 3.75. The Labute approximate surface area is 109 Å². The van der Waals surface area contributed by atoms with Crippen molar-refractivity contribution in [1.82, 2.24) is 0 Å². The van der Waals surface area contributed by atoms with Crippen molar-refractivity contribution in [3.05, 3.63) is 64.8 Å². The van der Waals surface area contributed by atoms with E-state index in [1.54, 1.807) is 12.1 Å². The van der Waals surface area contributed by atoms with E-state index < -0.39 is 0 Å². The van der Waals surface area contributed by atoms with Crippen molar-refractivity contribution < 1.29 is 4.42 Å². The minimum Gasteiger partial charge on any atom is -0.456 e. The van der Waals surface area contributed by atoms with E-state index in [4.69, 9.17) is 4.42 Å². The number of fused-ring (bicyclic) bond motifs is 1. The minimum atomic E-state index is -0.0688. The van der Waals surface area contributed by atoms with Crippen LogP contribution >= 0.6 is 12.6 Å². The summed E-state index contributed by atoms with van der Waals surface area (Å²) in [6.07, 6.45) is 0. The summed E-state index contributed by atoms with van der Waals surface area (Å²) in [6.45, 7) is 0. The van der Waals surface area contributed by atoms with E-state index in [0.717, 1.165) is 5.56 Å². The SMILES string of the molecule is O=c1cc(-c2ccccc2)oc2cccc(S)c12. The lowest BCUT2D eigenvalue weighted by atomic mass is 10.1. The monoisotopic (exact) mass is 254 g/mol. The molecule has 3 heteroatoms. The van der Waals surface area contributed by atoms with E-state index in [2.05, 4.69) is 12.6 Å². The highest BCUT2D eigenvalue weighted by atomic mass is 32.1. The molecule has 0 fully saturated rings. The second kappa shape index (κ2) is 4.35. The van der Waals surface area contributed by atoms with E-state index in [-0.39, 0.29) is 5.43 Å². The Morgan fingerprint density at radius 2 is 1.72 bits per heavy atom. The van der Waals surface area contributed by atoms with Crippen molar-refractivity contribution in [2.75, 3.05) is 0 Å². The number of thiol groups is 1. The van der Waals surface area contributed by atoms with Gasteiger partial charge in [0, 0.05) is 16.5 Å². The Morgan fingerprint density at radius 1 is 0.944 bits per heavy atom. The maximum absolute atomic E-state index is 12.1. The van der Waals surface area contributed by atoms with Crippen LogP contribution in [0.25, 0.3) is 22.3 Å². The summed E-state index contributed by atoms with van der Waals surface area (Å²) in [5.41, 5.74) is 1.38. The van der Waals surface area contributed by atoms with Crippen LogP contribution in [-0.2, 0) is 0 Å². The first-order valence-electron chi connectivity index (χ1n) is 5.57. The van der Waals surface area contributed by atoms with Crippen LogP contribution in [0.1, 0.15) is 0 Å². The third-order valence-electron chi connectivity index (χ3n) is 2.79. The van der Waals surface area contributed by atoms with E-state index in [0.29, 0.717) is 21.6 Å². The molecule has 0 saturated carbocycles. The molecule has 0 spiro atoms. The molecule has 1 aromatic heterocycles. The predicted molar refractivity (Wildman–Crippen MR) is 75.2 cm³/mol. The quantitative estimate of drug-likeness (QED) is 0.670. The first kappa shape index (κ1) is 11.1. The standard InChI is InChI=1S/C15H10O2S/c16-11-9-13(10-5-2-1-3-6-10)17-12-7-4-8-14(18)15(11)12/h1-9,18H. The molecular formula is C15H10O2S. The van der Waals surface area contributed by atoms with Gasteiger partial charge in [0.15, 0.2) is 5.43 Å². The molecule has 0 N–H and O–H groups in total. The molecule has 2 nitrogen and oxygen atoms in total. The summed E-state index contributed by atoms with van der Waals surface area (Å²) in [5.74, 6) is 0.576.